The van der Waals surface area contributed by atoms with Crippen LogP contribution in [-0.4, -0.2) is 24.2 Å². The Labute approximate surface area is 243 Å². The number of aryl methyl sites for hydroxylation is 2. The minimum atomic E-state index is -2.27. The van der Waals surface area contributed by atoms with Crippen molar-refractivity contribution in [3.05, 3.63) is 85.2 Å². The average Bonchev–Trinajstić information content (AvgIpc) is 2.88. The van der Waals surface area contributed by atoms with Gasteiger partial charge in [0.25, 0.3) is 0 Å². The van der Waals surface area contributed by atoms with Crippen LogP contribution in [0, 0.1) is 34.8 Å². The first-order chi connectivity index (χ1) is 14.9. The predicted octanol–water partition coefficient (Wildman–Crippen LogP) is 7.34. The molecule has 0 heterocycles. The number of rotatable bonds is 5. The fourth-order valence-corrected chi connectivity index (χ4v) is 13.0. The van der Waals surface area contributed by atoms with E-state index in [1.807, 2.05) is 0 Å². The molecule has 0 saturated heterocycles. The molecule has 1 aliphatic carbocycles. The molecule has 0 saturated carbocycles. The summed E-state index contributed by atoms with van der Waals surface area (Å²) in [6, 6.07) is 15.1. The molecule has 195 valence electrons. The van der Waals surface area contributed by atoms with Crippen molar-refractivity contribution in [2.45, 2.75) is 92.4 Å². The van der Waals surface area contributed by atoms with Gasteiger partial charge in [0, 0.05) is 0 Å². The average molecular weight is 568 g/mol. The molecule has 4 heteroatoms. The minimum Gasteiger partial charge on any atom is -0.358 e. The zero-order valence-corrected chi connectivity index (χ0v) is 30.5. The summed E-state index contributed by atoms with van der Waals surface area (Å²) in [6.45, 7) is 31.5. The maximum atomic E-state index is 4.05. The number of benzene rings is 2. The van der Waals surface area contributed by atoms with Crippen molar-refractivity contribution >= 4 is 45.0 Å². The molecule has 0 bridgehead atoms. The molecule has 1 atom stereocenters. The molecule has 0 spiro atoms. The molecule has 1 aliphatic rings. The zero-order chi connectivity index (χ0) is 25.1. The summed E-state index contributed by atoms with van der Waals surface area (Å²) < 4.78 is 0. The quantitative estimate of drug-likeness (QED) is 0.262. The normalized spacial score (nSPS) is 18.2. The number of hydrogen-bond acceptors (Lipinski definition) is 0. The minimum absolute atomic E-state index is 0. The first-order valence-electron chi connectivity index (χ1n) is 12.5. The third-order valence-electron chi connectivity index (χ3n) is 8.35. The maximum Gasteiger partial charge on any atom is 3.00 e. The summed E-state index contributed by atoms with van der Waals surface area (Å²) in [5, 5.41) is 6.24. The SMILES string of the molecule is CC1=[C-]C(C)([Si](C)(c2cc(C)cc([Si](C)(C)C)c2)c2cc(C)cc([Si](C)(C)C)c2)C(C)=C1C.[CH3-].[CH3-].[Ti+3]. The second kappa shape index (κ2) is 11.6. The van der Waals surface area contributed by atoms with E-state index < -0.39 is 24.2 Å². The Balaban J connectivity index is 0.00000408. The van der Waals surface area contributed by atoms with Crippen molar-refractivity contribution in [3.63, 3.8) is 0 Å². The molecule has 0 aliphatic heterocycles. The van der Waals surface area contributed by atoms with E-state index in [-0.39, 0.29) is 41.6 Å². The summed E-state index contributed by atoms with van der Waals surface area (Å²) in [6.07, 6.45) is 4.05. The summed E-state index contributed by atoms with van der Waals surface area (Å²) in [5.41, 5.74) is 7.10. The second-order valence-electron chi connectivity index (χ2n) is 12.9. The van der Waals surface area contributed by atoms with Crippen LogP contribution in [0.3, 0.4) is 0 Å². The Morgan fingerprint density at radius 3 is 1.19 bits per heavy atom. The van der Waals surface area contributed by atoms with E-state index in [0.29, 0.717) is 0 Å². The van der Waals surface area contributed by atoms with Gasteiger partial charge < -0.3 is 14.9 Å². The Morgan fingerprint density at radius 2 is 0.917 bits per heavy atom. The van der Waals surface area contributed by atoms with Gasteiger partial charge in [0.05, 0.1) is 16.1 Å². The Morgan fingerprint density at radius 1 is 0.583 bits per heavy atom. The van der Waals surface area contributed by atoms with Crippen LogP contribution in [0.25, 0.3) is 0 Å². The van der Waals surface area contributed by atoms with E-state index in [0.717, 1.165) is 0 Å². The zero-order valence-electron chi connectivity index (χ0n) is 26.0. The topological polar surface area (TPSA) is 0 Å². The first kappa shape index (κ1) is 35.3. The van der Waals surface area contributed by atoms with Crippen LogP contribution in [0.1, 0.15) is 38.8 Å². The molecular weight excluding hydrogens is 516 g/mol. The van der Waals surface area contributed by atoms with Crippen molar-refractivity contribution in [3.8, 4) is 0 Å². The fourth-order valence-electron chi connectivity index (χ4n) is 5.47. The molecule has 0 amide bonds. The molecule has 0 aromatic heterocycles. The van der Waals surface area contributed by atoms with Crippen LogP contribution in [-0.2, 0) is 21.7 Å². The summed E-state index contributed by atoms with van der Waals surface area (Å²) in [4.78, 5) is 0. The molecule has 36 heavy (non-hydrogen) atoms. The fraction of sp³-hybridized carbons (Fsp3) is 0.438. The molecule has 2 aromatic carbocycles. The van der Waals surface area contributed by atoms with E-state index in [1.165, 1.54) is 27.8 Å². The second-order valence-corrected chi connectivity index (χ2v) is 27.5. The molecule has 0 N–H and O–H groups in total. The largest absolute Gasteiger partial charge is 3.00 e. The molecule has 1 radical (unpaired) electrons. The van der Waals surface area contributed by atoms with Crippen LogP contribution < -0.4 is 20.7 Å². The van der Waals surface area contributed by atoms with Crippen molar-refractivity contribution in [1.82, 2.24) is 0 Å². The molecular formula is C32H51Si3Ti. The van der Waals surface area contributed by atoms with Gasteiger partial charge in [0.15, 0.2) is 0 Å². The number of allylic oxidation sites excluding steroid dienone is 4. The van der Waals surface area contributed by atoms with E-state index in [4.69, 9.17) is 0 Å². The summed E-state index contributed by atoms with van der Waals surface area (Å²) in [7, 11) is -5.16. The number of hydrogen-bond donors (Lipinski definition) is 0. The summed E-state index contributed by atoms with van der Waals surface area (Å²) in [5.74, 6) is 0. The Kier molecular flexibility index (Phi) is 11.3. The van der Waals surface area contributed by atoms with E-state index in [9.17, 15) is 0 Å². The maximum absolute atomic E-state index is 4.05. The third-order valence-corrected chi connectivity index (χ3v) is 17.8. The first-order valence-corrected chi connectivity index (χ1v) is 22.0. The van der Waals surface area contributed by atoms with Crippen LogP contribution in [0.15, 0.2) is 53.1 Å². The van der Waals surface area contributed by atoms with Gasteiger partial charge in [-0.15, -0.1) is 6.92 Å². The van der Waals surface area contributed by atoms with Gasteiger partial charge >= 0.3 is 21.7 Å². The summed E-state index contributed by atoms with van der Waals surface area (Å²) >= 11 is 0. The van der Waals surface area contributed by atoms with Gasteiger partial charge in [0.1, 0.15) is 8.07 Å². The van der Waals surface area contributed by atoms with Crippen LogP contribution in [0.2, 0.25) is 50.9 Å². The molecule has 0 fully saturated rings. The van der Waals surface area contributed by atoms with Crippen LogP contribution in [0.5, 0.6) is 0 Å². The van der Waals surface area contributed by atoms with E-state index >= 15 is 0 Å². The van der Waals surface area contributed by atoms with Crippen molar-refractivity contribution in [1.29, 1.82) is 0 Å². The van der Waals surface area contributed by atoms with Crippen LogP contribution in [0.4, 0.5) is 0 Å². The molecule has 1 unspecified atom stereocenters. The van der Waals surface area contributed by atoms with Gasteiger partial charge in [0.2, 0.25) is 0 Å². The standard InChI is InChI=1S/C30H45Si3.2CH3.Ti/c1-21-14-26(31(7,8)9)18-28(16-21)33(13,30(6)20-23(3)24(4)25(30)5)29-17-22(2)15-27(19-29)32(10,11)12;;;/h14-19H,1-13H3;2*1H3;/q3*-1;+3. The van der Waals surface area contributed by atoms with Gasteiger partial charge in [-0.25, -0.2) is 5.57 Å². The van der Waals surface area contributed by atoms with Gasteiger partial charge in [-0.2, -0.15) is 11.1 Å². The van der Waals surface area contributed by atoms with Crippen LogP contribution >= 0.6 is 0 Å². The Hall–Kier alpha value is -0.715. The van der Waals surface area contributed by atoms with Crippen molar-refractivity contribution in [2.75, 3.05) is 0 Å². The van der Waals surface area contributed by atoms with E-state index in [1.54, 1.807) is 20.7 Å². The smallest absolute Gasteiger partial charge is 0.358 e. The third kappa shape index (κ3) is 6.12. The monoisotopic (exact) mass is 567 g/mol. The Bertz CT molecular complexity index is 1100. The molecule has 0 nitrogen and oxygen atoms in total. The van der Waals surface area contributed by atoms with Gasteiger partial charge in [-0.1, -0.05) is 140 Å². The van der Waals surface area contributed by atoms with Gasteiger partial charge in [-0.3, -0.25) is 6.08 Å². The molecule has 3 rings (SSSR count). The van der Waals surface area contributed by atoms with Crippen molar-refractivity contribution < 1.29 is 21.7 Å². The van der Waals surface area contributed by atoms with E-state index in [2.05, 4.69) is 130 Å². The predicted molar refractivity (Wildman–Crippen MR) is 171 cm³/mol. The van der Waals surface area contributed by atoms with Crippen molar-refractivity contribution in [2.24, 2.45) is 0 Å². The molecule has 2 aromatic rings. The van der Waals surface area contributed by atoms with Gasteiger partial charge in [-0.05, 0) is 13.8 Å².